The Kier molecular flexibility index (Phi) is 13.1. The second-order valence-corrected chi connectivity index (χ2v) is 6.70. The fourth-order valence-corrected chi connectivity index (χ4v) is 1.60. The van der Waals surface area contributed by atoms with Gasteiger partial charge in [0.2, 0.25) is 0 Å². The molecule has 0 saturated heterocycles. The van der Waals surface area contributed by atoms with Crippen molar-refractivity contribution in [3.63, 3.8) is 0 Å². The van der Waals surface area contributed by atoms with Crippen molar-refractivity contribution in [1.29, 1.82) is 0 Å². The molecule has 1 unspecified atom stereocenters. The number of rotatable bonds is 15. The summed E-state index contributed by atoms with van der Waals surface area (Å²) < 4.78 is 10.1. The number of aliphatic hydroxyl groups is 4. The molecule has 0 saturated carbocycles. The standard InChI is InChI=1S/C17H32O10/c1-4-17(2,3)16(23)25-10-12(15(22)24-9-7-14(20)21)11-27-26-8-5-6-13(18)19/h12-14,18-21H,4-11H2,1-3H3. The van der Waals surface area contributed by atoms with Crippen molar-refractivity contribution in [2.24, 2.45) is 11.3 Å². The maximum Gasteiger partial charge on any atom is 0.314 e. The highest BCUT2D eigenvalue weighted by molar-refractivity contribution is 5.77. The average Bonchev–Trinajstić information content (AvgIpc) is 2.59. The Labute approximate surface area is 158 Å². The predicted octanol–water partition coefficient (Wildman–Crippen LogP) is -0.135. The highest BCUT2D eigenvalue weighted by Gasteiger charge is 2.30. The van der Waals surface area contributed by atoms with Gasteiger partial charge in [-0.25, -0.2) is 9.78 Å². The van der Waals surface area contributed by atoms with Gasteiger partial charge in [-0.1, -0.05) is 6.92 Å². The summed E-state index contributed by atoms with van der Waals surface area (Å²) >= 11 is 0. The molecule has 0 radical (unpaired) electrons. The first kappa shape index (κ1) is 25.7. The van der Waals surface area contributed by atoms with E-state index < -0.39 is 35.9 Å². The number of ether oxygens (including phenoxy) is 2. The topological polar surface area (TPSA) is 152 Å². The molecule has 10 nitrogen and oxygen atoms in total. The van der Waals surface area contributed by atoms with E-state index >= 15 is 0 Å². The molecule has 4 N–H and O–H groups in total. The van der Waals surface area contributed by atoms with E-state index in [2.05, 4.69) is 0 Å². The zero-order valence-corrected chi connectivity index (χ0v) is 16.1. The van der Waals surface area contributed by atoms with Crippen molar-refractivity contribution in [3.8, 4) is 0 Å². The van der Waals surface area contributed by atoms with E-state index in [-0.39, 0.29) is 39.3 Å². The smallest absolute Gasteiger partial charge is 0.314 e. The van der Waals surface area contributed by atoms with E-state index in [0.717, 1.165) is 0 Å². The lowest BCUT2D eigenvalue weighted by Crippen LogP contribution is -2.33. The first-order valence-electron chi connectivity index (χ1n) is 8.90. The Balaban J connectivity index is 4.47. The van der Waals surface area contributed by atoms with E-state index in [1.807, 2.05) is 6.92 Å². The molecule has 1 atom stereocenters. The molecular weight excluding hydrogens is 364 g/mol. The normalized spacial score (nSPS) is 13.1. The van der Waals surface area contributed by atoms with Crippen LogP contribution in [0.25, 0.3) is 0 Å². The van der Waals surface area contributed by atoms with Crippen LogP contribution in [-0.2, 0) is 28.8 Å². The number of carbonyl (C=O) groups is 2. The highest BCUT2D eigenvalue weighted by atomic mass is 17.2. The van der Waals surface area contributed by atoms with Crippen molar-refractivity contribution in [1.82, 2.24) is 0 Å². The lowest BCUT2D eigenvalue weighted by Gasteiger charge is -2.22. The molecule has 0 heterocycles. The molecule has 160 valence electrons. The van der Waals surface area contributed by atoms with Gasteiger partial charge >= 0.3 is 11.9 Å². The van der Waals surface area contributed by atoms with Crippen molar-refractivity contribution in [2.45, 2.75) is 59.0 Å². The van der Waals surface area contributed by atoms with Gasteiger partial charge in [-0.2, -0.15) is 0 Å². The Morgan fingerprint density at radius 2 is 1.52 bits per heavy atom. The molecule has 0 fully saturated rings. The van der Waals surface area contributed by atoms with Crippen LogP contribution in [0, 0.1) is 11.3 Å². The van der Waals surface area contributed by atoms with Crippen molar-refractivity contribution < 1.29 is 49.3 Å². The Morgan fingerprint density at radius 1 is 0.889 bits per heavy atom. The van der Waals surface area contributed by atoms with Gasteiger partial charge in [0.25, 0.3) is 0 Å². The fraction of sp³-hybridized carbons (Fsp3) is 0.882. The maximum absolute atomic E-state index is 12.1. The molecule has 0 aliphatic heterocycles. The third kappa shape index (κ3) is 12.7. The fourth-order valence-electron chi connectivity index (χ4n) is 1.60. The van der Waals surface area contributed by atoms with Gasteiger partial charge in [0.15, 0.2) is 12.6 Å². The maximum atomic E-state index is 12.1. The third-order valence-corrected chi connectivity index (χ3v) is 3.85. The SMILES string of the molecule is CCC(C)(C)C(=O)OCC(COOCCCC(O)O)C(=O)OCCC(O)O. The molecule has 0 bridgehead atoms. The number of hydrogen-bond acceptors (Lipinski definition) is 10. The molecular formula is C17H32O10. The molecule has 0 aromatic carbocycles. The molecule has 0 aliphatic carbocycles. The number of carbonyl (C=O) groups excluding carboxylic acids is 2. The molecule has 0 aliphatic rings. The van der Waals surface area contributed by atoms with Crippen LogP contribution in [0.5, 0.6) is 0 Å². The van der Waals surface area contributed by atoms with Gasteiger partial charge in [-0.05, 0) is 26.7 Å². The largest absolute Gasteiger partial charge is 0.465 e. The van der Waals surface area contributed by atoms with Gasteiger partial charge in [0, 0.05) is 12.8 Å². The van der Waals surface area contributed by atoms with Gasteiger partial charge < -0.3 is 29.9 Å². The summed E-state index contributed by atoms with van der Waals surface area (Å²) in [5.41, 5.74) is -0.696. The summed E-state index contributed by atoms with van der Waals surface area (Å²) in [5, 5.41) is 35.0. The minimum absolute atomic E-state index is 0.0821. The molecule has 0 aromatic rings. The summed E-state index contributed by atoms with van der Waals surface area (Å²) in [4.78, 5) is 33.9. The number of hydrogen-bond donors (Lipinski definition) is 4. The summed E-state index contributed by atoms with van der Waals surface area (Å²) in [7, 11) is 0. The molecule has 27 heavy (non-hydrogen) atoms. The zero-order chi connectivity index (χ0) is 20.9. The molecule has 0 rings (SSSR count). The monoisotopic (exact) mass is 396 g/mol. The lowest BCUT2D eigenvalue weighted by molar-refractivity contribution is -0.303. The van der Waals surface area contributed by atoms with E-state index in [1.54, 1.807) is 13.8 Å². The van der Waals surface area contributed by atoms with Gasteiger partial charge in [0.1, 0.15) is 12.5 Å². The average molecular weight is 396 g/mol. The van der Waals surface area contributed by atoms with Crippen molar-refractivity contribution in [3.05, 3.63) is 0 Å². The van der Waals surface area contributed by atoms with Gasteiger partial charge in [-0.15, -0.1) is 0 Å². The second-order valence-electron chi connectivity index (χ2n) is 6.70. The number of esters is 2. The predicted molar refractivity (Wildman–Crippen MR) is 91.7 cm³/mol. The van der Waals surface area contributed by atoms with Gasteiger partial charge in [-0.3, -0.25) is 9.59 Å². The molecule has 0 amide bonds. The van der Waals surface area contributed by atoms with Crippen molar-refractivity contribution >= 4 is 11.9 Å². The quantitative estimate of drug-likeness (QED) is 0.0967. The third-order valence-electron chi connectivity index (χ3n) is 3.85. The molecule has 0 spiro atoms. The van der Waals surface area contributed by atoms with Crippen LogP contribution >= 0.6 is 0 Å². The van der Waals surface area contributed by atoms with Crippen LogP contribution in [0.15, 0.2) is 0 Å². The van der Waals surface area contributed by atoms with Crippen molar-refractivity contribution in [2.75, 3.05) is 26.4 Å². The molecule has 0 aromatic heterocycles. The van der Waals surface area contributed by atoms with Crippen LogP contribution in [0.2, 0.25) is 0 Å². The summed E-state index contributed by atoms with van der Waals surface area (Å²) in [6.45, 7) is 4.63. The first-order valence-corrected chi connectivity index (χ1v) is 8.90. The van der Waals surface area contributed by atoms with Gasteiger partial charge in [0.05, 0.1) is 25.2 Å². The Bertz CT molecular complexity index is 422. The lowest BCUT2D eigenvalue weighted by atomic mass is 9.91. The van der Waals surface area contributed by atoms with E-state index in [0.29, 0.717) is 12.8 Å². The summed E-state index contributed by atoms with van der Waals surface area (Å²) in [6, 6.07) is 0. The zero-order valence-electron chi connectivity index (χ0n) is 16.1. The Hall–Kier alpha value is -1.30. The van der Waals surface area contributed by atoms with Crippen LogP contribution < -0.4 is 0 Å². The van der Waals surface area contributed by atoms with E-state index in [9.17, 15) is 9.59 Å². The number of aliphatic hydroxyl groups excluding tert-OH is 2. The molecule has 10 heteroatoms. The highest BCUT2D eigenvalue weighted by Crippen LogP contribution is 2.22. The van der Waals surface area contributed by atoms with E-state index in [1.165, 1.54) is 0 Å². The van der Waals surface area contributed by atoms with Crippen LogP contribution in [0.3, 0.4) is 0 Å². The van der Waals surface area contributed by atoms with E-state index in [4.69, 9.17) is 39.7 Å². The summed E-state index contributed by atoms with van der Waals surface area (Å²) in [5.74, 6) is -2.15. The minimum atomic E-state index is -1.60. The minimum Gasteiger partial charge on any atom is -0.465 e. The first-order chi connectivity index (χ1) is 12.6. The van der Waals surface area contributed by atoms with Crippen LogP contribution in [0.4, 0.5) is 0 Å². The van der Waals surface area contributed by atoms with Crippen LogP contribution in [0.1, 0.15) is 46.5 Å². The second kappa shape index (κ2) is 13.8. The Morgan fingerprint density at radius 3 is 2.07 bits per heavy atom. The van der Waals surface area contributed by atoms with Crippen LogP contribution in [-0.4, -0.2) is 71.4 Å². The summed E-state index contributed by atoms with van der Waals surface area (Å²) in [6.07, 6.45) is -2.17.